The second-order valence-corrected chi connectivity index (χ2v) is 6.18. The minimum atomic E-state index is -0.190. The second kappa shape index (κ2) is 6.39. The van der Waals surface area contributed by atoms with Gasteiger partial charge in [-0.25, -0.2) is 11.6 Å². The molecule has 0 aliphatic heterocycles. The molecule has 0 saturated heterocycles. The molecule has 2 heteroatoms. The van der Waals surface area contributed by atoms with Gasteiger partial charge in [-0.3, -0.25) is 6.08 Å². The quantitative estimate of drug-likeness (QED) is 0.548. The third kappa shape index (κ3) is 4.31. The van der Waals surface area contributed by atoms with Crippen LogP contribution in [0.4, 0.5) is 0 Å². The van der Waals surface area contributed by atoms with Crippen molar-refractivity contribution in [1.82, 2.24) is 0 Å². The topological polar surface area (TPSA) is 9.23 Å². The first kappa shape index (κ1) is 16.7. The van der Waals surface area contributed by atoms with E-state index in [1.54, 1.807) is 0 Å². The van der Waals surface area contributed by atoms with Gasteiger partial charge in [-0.15, -0.1) is 6.42 Å². The molecule has 0 fully saturated rings. The summed E-state index contributed by atoms with van der Waals surface area (Å²) >= 11 is 0. The van der Waals surface area contributed by atoms with E-state index in [4.69, 9.17) is 4.74 Å². The maximum atomic E-state index is 6.43. The Morgan fingerprint density at radius 2 is 2.05 bits per heavy atom. The van der Waals surface area contributed by atoms with Gasteiger partial charge in [0.25, 0.3) is 0 Å². The van der Waals surface area contributed by atoms with Crippen LogP contribution in [0.1, 0.15) is 47.0 Å². The Morgan fingerprint density at radius 1 is 1.32 bits per heavy atom. The number of rotatable bonds is 3. The van der Waals surface area contributed by atoms with Gasteiger partial charge >= 0.3 is 21.7 Å². The molecule has 2 aliphatic rings. The fraction of sp³-hybridized carbons (Fsp3) is 0.529. The SMILES string of the molecule is CC1=CC=CCC1(CC1=[C-]CC=C1)OC(C)(C)C.[Ti+2]. The Kier molecular flexibility index (Phi) is 5.61. The van der Waals surface area contributed by atoms with Crippen LogP contribution in [0.15, 0.2) is 41.5 Å². The summed E-state index contributed by atoms with van der Waals surface area (Å²) in [5.41, 5.74) is 2.27. The molecule has 0 amide bonds. The Balaban J connectivity index is 0.00000180. The molecule has 0 aromatic carbocycles. The molecule has 2 aliphatic carbocycles. The normalized spacial score (nSPS) is 25.9. The van der Waals surface area contributed by atoms with E-state index in [2.05, 4.69) is 64.2 Å². The first-order valence-electron chi connectivity index (χ1n) is 6.72. The molecule has 1 unspecified atom stereocenters. The number of hydrogen-bond acceptors (Lipinski definition) is 1. The third-order valence-corrected chi connectivity index (χ3v) is 3.39. The molecule has 0 N–H and O–H groups in total. The van der Waals surface area contributed by atoms with Crippen LogP contribution < -0.4 is 0 Å². The molecular formula is C17H23OTi+. The van der Waals surface area contributed by atoms with Gasteiger partial charge in [-0.2, -0.15) is 6.08 Å². The molecule has 1 nitrogen and oxygen atoms in total. The summed E-state index contributed by atoms with van der Waals surface area (Å²) in [6.45, 7) is 8.56. The van der Waals surface area contributed by atoms with Crippen molar-refractivity contribution < 1.29 is 26.5 Å². The van der Waals surface area contributed by atoms with Gasteiger partial charge in [0.1, 0.15) is 0 Å². The van der Waals surface area contributed by atoms with E-state index in [1.165, 1.54) is 11.1 Å². The van der Waals surface area contributed by atoms with Gasteiger partial charge in [-0.1, -0.05) is 18.2 Å². The maximum Gasteiger partial charge on any atom is 2.00 e. The summed E-state index contributed by atoms with van der Waals surface area (Å²) in [6.07, 6.45) is 17.1. The van der Waals surface area contributed by atoms with Crippen LogP contribution in [-0.4, -0.2) is 11.2 Å². The van der Waals surface area contributed by atoms with Crippen molar-refractivity contribution >= 4 is 0 Å². The van der Waals surface area contributed by atoms with Gasteiger partial charge in [0.05, 0.1) is 11.2 Å². The van der Waals surface area contributed by atoms with Gasteiger partial charge in [0.15, 0.2) is 0 Å². The maximum absolute atomic E-state index is 6.43. The largest absolute Gasteiger partial charge is 2.00 e. The van der Waals surface area contributed by atoms with Crippen molar-refractivity contribution in [3.05, 3.63) is 47.6 Å². The van der Waals surface area contributed by atoms with E-state index >= 15 is 0 Å². The van der Waals surface area contributed by atoms with E-state index in [1.807, 2.05) is 0 Å². The third-order valence-electron chi connectivity index (χ3n) is 3.39. The molecule has 2 rings (SSSR count). The Labute approximate surface area is 132 Å². The van der Waals surface area contributed by atoms with E-state index < -0.39 is 0 Å². The number of allylic oxidation sites excluding steroid dienone is 5. The van der Waals surface area contributed by atoms with Crippen molar-refractivity contribution in [2.75, 3.05) is 0 Å². The van der Waals surface area contributed by atoms with Crippen LogP contribution in [0.3, 0.4) is 0 Å². The van der Waals surface area contributed by atoms with Crippen LogP contribution in [0, 0.1) is 6.08 Å². The van der Waals surface area contributed by atoms with Gasteiger partial charge < -0.3 is 4.74 Å². The zero-order chi connectivity index (χ0) is 13.2. The van der Waals surface area contributed by atoms with Gasteiger partial charge in [-0.05, 0) is 46.1 Å². The molecule has 0 aromatic rings. The second-order valence-electron chi connectivity index (χ2n) is 6.18. The molecular weight excluding hydrogens is 268 g/mol. The standard InChI is InChI=1S/C17H23O.Ti/c1-14-9-7-8-12-17(14,18-16(2,3)4)13-15-10-5-6-11-15;/h5,7-10H,6,12-13H2,1-4H3;/q-1;+2. The molecule has 1 atom stereocenters. The molecule has 100 valence electrons. The predicted octanol–water partition coefficient (Wildman–Crippen LogP) is 4.52. The number of hydrogen-bond donors (Lipinski definition) is 0. The summed E-state index contributed by atoms with van der Waals surface area (Å²) in [6, 6.07) is 0. The average molecular weight is 291 g/mol. The summed E-state index contributed by atoms with van der Waals surface area (Å²) in [5.74, 6) is 0. The van der Waals surface area contributed by atoms with Gasteiger partial charge in [0.2, 0.25) is 0 Å². The van der Waals surface area contributed by atoms with Crippen LogP contribution in [0.25, 0.3) is 0 Å². The smallest absolute Gasteiger partial charge is 0.365 e. The summed E-state index contributed by atoms with van der Waals surface area (Å²) < 4.78 is 6.43. The van der Waals surface area contributed by atoms with Crippen LogP contribution >= 0.6 is 0 Å². The fourth-order valence-corrected chi connectivity index (χ4v) is 2.62. The van der Waals surface area contributed by atoms with E-state index in [0.29, 0.717) is 0 Å². The van der Waals surface area contributed by atoms with Gasteiger partial charge in [0, 0.05) is 0 Å². The zero-order valence-corrected chi connectivity index (χ0v) is 14.0. The summed E-state index contributed by atoms with van der Waals surface area (Å²) in [5, 5.41) is 0. The molecule has 19 heavy (non-hydrogen) atoms. The average Bonchev–Trinajstić information content (AvgIpc) is 2.73. The Morgan fingerprint density at radius 3 is 2.58 bits per heavy atom. The molecule has 0 spiro atoms. The molecule has 0 aromatic heterocycles. The van der Waals surface area contributed by atoms with E-state index in [9.17, 15) is 0 Å². The monoisotopic (exact) mass is 291 g/mol. The fourth-order valence-electron chi connectivity index (χ4n) is 2.62. The minimum absolute atomic E-state index is 0. The van der Waals surface area contributed by atoms with Crippen molar-refractivity contribution in [3.8, 4) is 0 Å². The molecule has 0 saturated carbocycles. The summed E-state index contributed by atoms with van der Waals surface area (Å²) in [7, 11) is 0. The minimum Gasteiger partial charge on any atom is -0.365 e. The van der Waals surface area contributed by atoms with Crippen LogP contribution in [-0.2, 0) is 26.5 Å². The van der Waals surface area contributed by atoms with Crippen LogP contribution in [0.5, 0.6) is 0 Å². The molecule has 0 radical (unpaired) electrons. The predicted molar refractivity (Wildman–Crippen MR) is 76.2 cm³/mol. The number of ether oxygens (including phenoxy) is 1. The van der Waals surface area contributed by atoms with Crippen molar-refractivity contribution in [1.29, 1.82) is 0 Å². The van der Waals surface area contributed by atoms with Crippen molar-refractivity contribution in [2.24, 2.45) is 0 Å². The first-order chi connectivity index (χ1) is 8.41. The Bertz CT molecular complexity index is 435. The summed E-state index contributed by atoms with van der Waals surface area (Å²) in [4.78, 5) is 0. The van der Waals surface area contributed by atoms with Crippen molar-refractivity contribution in [3.63, 3.8) is 0 Å². The Hall–Kier alpha value is -0.366. The molecule has 0 bridgehead atoms. The molecule has 0 heterocycles. The zero-order valence-electron chi connectivity index (χ0n) is 12.4. The van der Waals surface area contributed by atoms with E-state index in [-0.39, 0.29) is 32.9 Å². The van der Waals surface area contributed by atoms with E-state index in [0.717, 1.165) is 19.3 Å². The first-order valence-corrected chi connectivity index (χ1v) is 6.72. The van der Waals surface area contributed by atoms with Crippen LogP contribution in [0.2, 0.25) is 0 Å². The van der Waals surface area contributed by atoms with Crippen molar-refractivity contribution in [2.45, 2.75) is 58.2 Å².